The van der Waals surface area contributed by atoms with E-state index in [1.807, 2.05) is 35.9 Å². The molecule has 0 atom stereocenters. The van der Waals surface area contributed by atoms with Crippen molar-refractivity contribution >= 4 is 41.0 Å². The molecule has 3 rings (SSSR count). The highest BCUT2D eigenvalue weighted by Gasteiger charge is 2.33. The van der Waals surface area contributed by atoms with Gasteiger partial charge in [-0.2, -0.15) is 0 Å². The number of allylic oxidation sites excluding steroid dienone is 1. The number of imide groups is 1. The van der Waals surface area contributed by atoms with Gasteiger partial charge in [-0.25, -0.2) is 4.98 Å². The molecule has 0 saturated carbocycles. The lowest BCUT2D eigenvalue weighted by Crippen LogP contribution is -2.29. The quantitative estimate of drug-likeness (QED) is 0.537. The van der Waals surface area contributed by atoms with E-state index >= 15 is 0 Å². The van der Waals surface area contributed by atoms with E-state index in [0.29, 0.717) is 18.1 Å². The minimum absolute atomic E-state index is 0. The third-order valence-electron chi connectivity index (χ3n) is 3.68. The number of aromatic nitrogens is 2. The molecule has 3 heterocycles. The molecule has 8 heteroatoms. The van der Waals surface area contributed by atoms with Crippen LogP contribution in [0.5, 0.6) is 5.75 Å². The van der Waals surface area contributed by atoms with Gasteiger partial charge in [-0.15, -0.1) is 12.4 Å². The number of nitrogens with zero attached hydrogens (tertiary/aromatic N) is 3. The number of pyridine rings is 1. The number of carbonyl (C=O) groups is 2. The van der Waals surface area contributed by atoms with Crippen molar-refractivity contribution in [1.82, 2.24) is 14.3 Å². The van der Waals surface area contributed by atoms with E-state index in [1.54, 1.807) is 12.3 Å². The SMILES string of the molecule is CC/C=C1\SC(=O)N(CCCCOc2cccn3ccnc23)C1=O.Cl. The normalized spacial score (nSPS) is 15.9. The Morgan fingerprint density at radius 3 is 2.92 bits per heavy atom. The molecule has 2 aromatic heterocycles. The molecule has 25 heavy (non-hydrogen) atoms. The highest BCUT2D eigenvalue weighted by Crippen LogP contribution is 2.30. The minimum Gasteiger partial charge on any atom is -0.490 e. The number of hydrogen-bond donors (Lipinski definition) is 0. The zero-order chi connectivity index (χ0) is 16.9. The Morgan fingerprint density at radius 1 is 1.28 bits per heavy atom. The molecule has 0 N–H and O–H groups in total. The van der Waals surface area contributed by atoms with Crippen LogP contribution >= 0.6 is 24.2 Å². The molecule has 0 bridgehead atoms. The smallest absolute Gasteiger partial charge is 0.293 e. The summed E-state index contributed by atoms with van der Waals surface area (Å²) in [6.07, 6.45) is 9.55. The van der Waals surface area contributed by atoms with Gasteiger partial charge in [0, 0.05) is 25.1 Å². The summed E-state index contributed by atoms with van der Waals surface area (Å²) >= 11 is 1.03. The van der Waals surface area contributed by atoms with Gasteiger partial charge >= 0.3 is 0 Å². The first-order chi connectivity index (χ1) is 11.7. The largest absolute Gasteiger partial charge is 0.490 e. The van der Waals surface area contributed by atoms with Crippen LogP contribution in [0.15, 0.2) is 41.7 Å². The number of unbranched alkanes of at least 4 members (excludes halogenated alkanes) is 1. The Kier molecular flexibility index (Phi) is 6.90. The number of imidazole rings is 1. The lowest BCUT2D eigenvalue weighted by molar-refractivity contribution is -0.122. The van der Waals surface area contributed by atoms with E-state index in [0.717, 1.165) is 42.4 Å². The predicted molar refractivity (Wildman–Crippen MR) is 100 cm³/mol. The van der Waals surface area contributed by atoms with E-state index in [1.165, 1.54) is 4.90 Å². The van der Waals surface area contributed by atoms with Crippen LogP contribution in [0.25, 0.3) is 5.65 Å². The number of rotatable bonds is 7. The third kappa shape index (κ3) is 4.35. The van der Waals surface area contributed by atoms with Crippen molar-refractivity contribution < 1.29 is 14.3 Å². The Balaban J connectivity index is 0.00000225. The molecule has 0 aromatic carbocycles. The van der Waals surface area contributed by atoms with Crippen molar-refractivity contribution in [1.29, 1.82) is 0 Å². The van der Waals surface area contributed by atoms with Crippen LogP contribution in [-0.4, -0.2) is 38.6 Å². The second-order valence-corrected chi connectivity index (χ2v) is 6.38. The molecule has 1 fully saturated rings. The van der Waals surface area contributed by atoms with E-state index < -0.39 is 0 Å². The minimum atomic E-state index is -0.178. The van der Waals surface area contributed by atoms with E-state index in [2.05, 4.69) is 4.98 Å². The number of halogens is 1. The first-order valence-electron chi connectivity index (χ1n) is 7.99. The van der Waals surface area contributed by atoms with Crippen molar-refractivity contribution in [2.45, 2.75) is 26.2 Å². The maximum absolute atomic E-state index is 12.1. The summed E-state index contributed by atoms with van der Waals surface area (Å²) in [7, 11) is 0. The number of hydrogen-bond acceptors (Lipinski definition) is 5. The Hall–Kier alpha value is -1.99. The topological polar surface area (TPSA) is 63.9 Å². The third-order valence-corrected chi connectivity index (χ3v) is 4.64. The van der Waals surface area contributed by atoms with Crippen LogP contribution in [0.2, 0.25) is 0 Å². The average Bonchev–Trinajstić information content (AvgIpc) is 3.15. The fourth-order valence-corrected chi connectivity index (χ4v) is 3.42. The number of carbonyl (C=O) groups excluding carboxylic acids is 2. The fourth-order valence-electron chi connectivity index (χ4n) is 2.50. The Morgan fingerprint density at radius 2 is 2.12 bits per heavy atom. The summed E-state index contributed by atoms with van der Waals surface area (Å²) in [6.45, 7) is 2.90. The molecule has 0 aliphatic carbocycles. The number of fused-ring (bicyclic) bond motifs is 1. The summed E-state index contributed by atoms with van der Waals surface area (Å²) in [5.74, 6) is 0.564. The second-order valence-electron chi connectivity index (χ2n) is 5.39. The zero-order valence-corrected chi connectivity index (χ0v) is 15.5. The van der Waals surface area contributed by atoms with Crippen molar-refractivity contribution in [2.75, 3.05) is 13.2 Å². The molecule has 2 amide bonds. The van der Waals surface area contributed by atoms with E-state index in [4.69, 9.17) is 4.74 Å². The highest BCUT2D eigenvalue weighted by atomic mass is 35.5. The Bertz CT molecular complexity index is 790. The molecule has 6 nitrogen and oxygen atoms in total. The van der Waals surface area contributed by atoms with Crippen LogP contribution < -0.4 is 4.74 Å². The molecular formula is C17H20ClN3O3S. The summed E-state index contributed by atoms with van der Waals surface area (Å²) in [6, 6.07) is 3.79. The monoisotopic (exact) mass is 381 g/mol. The summed E-state index contributed by atoms with van der Waals surface area (Å²) < 4.78 is 7.67. The number of ether oxygens (including phenoxy) is 1. The van der Waals surface area contributed by atoms with Crippen LogP contribution in [0.1, 0.15) is 26.2 Å². The maximum Gasteiger partial charge on any atom is 0.293 e. The van der Waals surface area contributed by atoms with Gasteiger partial charge < -0.3 is 9.14 Å². The van der Waals surface area contributed by atoms with Gasteiger partial charge in [-0.05, 0) is 43.2 Å². The molecule has 2 aromatic rings. The van der Waals surface area contributed by atoms with Gasteiger partial charge in [0.2, 0.25) is 0 Å². The second kappa shape index (κ2) is 8.92. The summed E-state index contributed by atoms with van der Waals surface area (Å²) in [4.78, 5) is 30.1. The van der Waals surface area contributed by atoms with Crippen LogP contribution in [-0.2, 0) is 4.79 Å². The van der Waals surface area contributed by atoms with Gasteiger partial charge in [-0.3, -0.25) is 14.5 Å². The molecular weight excluding hydrogens is 362 g/mol. The van der Waals surface area contributed by atoms with Gasteiger partial charge in [0.25, 0.3) is 11.1 Å². The average molecular weight is 382 g/mol. The molecule has 0 spiro atoms. The van der Waals surface area contributed by atoms with Gasteiger partial charge in [-0.1, -0.05) is 13.0 Å². The van der Waals surface area contributed by atoms with Crippen molar-refractivity contribution in [3.63, 3.8) is 0 Å². The molecule has 0 radical (unpaired) electrons. The lowest BCUT2D eigenvalue weighted by Gasteiger charge is -2.12. The first-order valence-corrected chi connectivity index (χ1v) is 8.80. The Labute approximate surface area is 156 Å². The molecule has 1 aliphatic rings. The van der Waals surface area contributed by atoms with Crippen molar-refractivity contribution in [3.05, 3.63) is 41.7 Å². The number of thioether (sulfide) groups is 1. The molecule has 0 unspecified atom stereocenters. The van der Waals surface area contributed by atoms with E-state index in [9.17, 15) is 9.59 Å². The first kappa shape index (κ1) is 19.3. The lowest BCUT2D eigenvalue weighted by atomic mass is 10.3. The van der Waals surface area contributed by atoms with Crippen LogP contribution in [0.3, 0.4) is 0 Å². The molecule has 134 valence electrons. The van der Waals surface area contributed by atoms with E-state index in [-0.39, 0.29) is 23.6 Å². The van der Waals surface area contributed by atoms with Crippen LogP contribution in [0, 0.1) is 0 Å². The van der Waals surface area contributed by atoms with Crippen LogP contribution in [0.4, 0.5) is 4.79 Å². The summed E-state index contributed by atoms with van der Waals surface area (Å²) in [5.41, 5.74) is 0.785. The van der Waals surface area contributed by atoms with Gasteiger partial charge in [0.15, 0.2) is 11.4 Å². The van der Waals surface area contributed by atoms with Gasteiger partial charge in [0.1, 0.15) is 0 Å². The highest BCUT2D eigenvalue weighted by molar-refractivity contribution is 8.18. The molecule has 1 aliphatic heterocycles. The van der Waals surface area contributed by atoms with Gasteiger partial charge in [0.05, 0.1) is 11.5 Å². The predicted octanol–water partition coefficient (Wildman–Crippen LogP) is 3.90. The zero-order valence-electron chi connectivity index (χ0n) is 13.9. The standard InChI is InChI=1S/C17H19N3O3S.ClH/c1-2-6-14-16(21)20(17(22)24-14)10-3-4-12-23-13-7-5-9-19-11-8-18-15(13)19;/h5-9,11H,2-4,10,12H2,1H3;1H/b14-6-;. The fraction of sp³-hybridized carbons (Fsp3) is 0.353. The molecule has 1 saturated heterocycles. The number of amides is 2. The maximum atomic E-state index is 12.1. The van der Waals surface area contributed by atoms with Crippen molar-refractivity contribution in [2.24, 2.45) is 0 Å². The summed E-state index contributed by atoms with van der Waals surface area (Å²) in [5, 5.41) is -0.178. The van der Waals surface area contributed by atoms with Crippen molar-refractivity contribution in [3.8, 4) is 5.75 Å².